The quantitative estimate of drug-likeness (QED) is 0.383. The predicted molar refractivity (Wildman–Crippen MR) is 78.0 cm³/mol. The molecule has 0 rings (SSSR count). The Hall–Kier alpha value is -2.64. The van der Waals surface area contributed by atoms with Gasteiger partial charge < -0.3 is 19.3 Å². The van der Waals surface area contributed by atoms with Crippen molar-refractivity contribution < 1.29 is 38.5 Å². The van der Waals surface area contributed by atoms with E-state index in [4.69, 9.17) is 19.3 Å². The lowest BCUT2D eigenvalue weighted by molar-refractivity contribution is -0.234. The van der Waals surface area contributed by atoms with E-state index >= 15 is 0 Å². The number of carboxylic acids is 1. The predicted octanol–water partition coefficient (Wildman–Crippen LogP) is 1.35. The summed E-state index contributed by atoms with van der Waals surface area (Å²) in [6, 6.07) is 0. The van der Waals surface area contributed by atoms with E-state index < -0.39 is 49.1 Å². The van der Waals surface area contributed by atoms with Crippen LogP contribution in [0.2, 0.25) is 0 Å². The van der Waals surface area contributed by atoms with Crippen molar-refractivity contribution in [2.45, 2.75) is 39.4 Å². The van der Waals surface area contributed by atoms with Gasteiger partial charge in [0.2, 0.25) is 0 Å². The summed E-state index contributed by atoms with van der Waals surface area (Å²) in [5, 5.41) is 8.53. The summed E-state index contributed by atoms with van der Waals surface area (Å²) in [4.78, 5) is 45.1. The third-order valence-electron chi connectivity index (χ3n) is 2.34. The highest BCUT2D eigenvalue weighted by molar-refractivity contribution is 5.88. The van der Waals surface area contributed by atoms with Gasteiger partial charge in [0.05, 0.1) is 12.8 Å². The number of hydrogen-bond donors (Lipinski definition) is 1. The number of aliphatic carboxylic acids is 1. The Labute approximate surface area is 133 Å². The first-order valence-corrected chi connectivity index (χ1v) is 6.62. The van der Waals surface area contributed by atoms with Crippen LogP contribution in [-0.4, -0.2) is 41.4 Å². The minimum absolute atomic E-state index is 0.0454. The second-order valence-electron chi connectivity index (χ2n) is 5.03. The first-order chi connectivity index (χ1) is 10.5. The number of rotatable bonds is 9. The second kappa shape index (κ2) is 8.72. The van der Waals surface area contributed by atoms with Crippen LogP contribution in [0.5, 0.6) is 0 Å². The molecule has 0 bridgehead atoms. The maximum atomic E-state index is 11.6. The molecule has 1 N–H and O–H groups in total. The van der Waals surface area contributed by atoms with Gasteiger partial charge in [-0.1, -0.05) is 13.2 Å². The van der Waals surface area contributed by atoms with Gasteiger partial charge in [-0.2, -0.15) is 0 Å². The number of ether oxygens (including phenoxy) is 3. The van der Waals surface area contributed by atoms with Crippen LogP contribution in [0.4, 0.5) is 0 Å². The first kappa shape index (κ1) is 20.4. The maximum absolute atomic E-state index is 11.6. The summed E-state index contributed by atoms with van der Waals surface area (Å²) in [7, 11) is 0. The van der Waals surface area contributed by atoms with Crippen LogP contribution in [-0.2, 0) is 33.4 Å². The number of carbonyl (C=O) groups excluding carboxylic acids is 3. The van der Waals surface area contributed by atoms with Crippen LogP contribution in [0, 0.1) is 0 Å². The van der Waals surface area contributed by atoms with E-state index in [-0.39, 0.29) is 11.1 Å². The number of carboxylic acid groups (broad SMARTS) is 1. The molecule has 0 aromatic carbocycles. The Balaban J connectivity index is 4.97. The third-order valence-corrected chi connectivity index (χ3v) is 2.34. The summed E-state index contributed by atoms with van der Waals surface area (Å²) in [5.41, 5.74) is 0.153. The molecule has 0 aliphatic heterocycles. The van der Waals surface area contributed by atoms with Gasteiger partial charge in [-0.25, -0.2) is 9.59 Å². The van der Waals surface area contributed by atoms with Crippen LogP contribution in [0.15, 0.2) is 24.3 Å². The molecule has 128 valence electrons. The highest BCUT2D eigenvalue weighted by atomic mass is 16.7. The Morgan fingerprint density at radius 3 is 1.91 bits per heavy atom. The monoisotopic (exact) mass is 328 g/mol. The van der Waals surface area contributed by atoms with Crippen LogP contribution < -0.4 is 0 Å². The molecule has 1 unspecified atom stereocenters. The lowest BCUT2D eigenvalue weighted by Crippen LogP contribution is -2.42. The zero-order valence-electron chi connectivity index (χ0n) is 13.3. The topological polar surface area (TPSA) is 116 Å². The average Bonchev–Trinajstić information content (AvgIpc) is 2.42. The molecule has 23 heavy (non-hydrogen) atoms. The van der Waals surface area contributed by atoms with Crippen LogP contribution in [0.3, 0.4) is 0 Å². The first-order valence-electron chi connectivity index (χ1n) is 6.62. The molecule has 8 heteroatoms. The molecule has 0 saturated carbocycles. The number of hydrogen-bond acceptors (Lipinski definition) is 7. The van der Waals surface area contributed by atoms with Gasteiger partial charge in [-0.05, 0) is 13.8 Å². The second-order valence-corrected chi connectivity index (χ2v) is 5.03. The normalized spacial score (nSPS) is 12.5. The van der Waals surface area contributed by atoms with Gasteiger partial charge in [-0.15, -0.1) is 0 Å². The van der Waals surface area contributed by atoms with Crippen molar-refractivity contribution in [3.63, 3.8) is 0 Å². The molecule has 0 aromatic rings. The van der Waals surface area contributed by atoms with Gasteiger partial charge in [-0.3, -0.25) is 9.59 Å². The molecular weight excluding hydrogens is 308 g/mol. The fourth-order valence-electron chi connectivity index (χ4n) is 1.18. The number of esters is 3. The Morgan fingerprint density at radius 1 is 0.957 bits per heavy atom. The van der Waals surface area contributed by atoms with Crippen molar-refractivity contribution in [3.05, 3.63) is 24.3 Å². The summed E-state index contributed by atoms with van der Waals surface area (Å²) in [6.45, 7) is 10.2. The SMILES string of the molecule is C=C(C)C(=O)OCC(C)(OC(=O)CCC(=O)O)OC(=O)C(=C)C. The maximum Gasteiger partial charge on any atom is 0.336 e. The third kappa shape index (κ3) is 8.40. The van der Waals surface area contributed by atoms with Crippen LogP contribution in [0.25, 0.3) is 0 Å². The zero-order valence-corrected chi connectivity index (χ0v) is 13.3. The van der Waals surface area contributed by atoms with Gasteiger partial charge in [0.15, 0.2) is 6.61 Å². The molecule has 0 aromatic heterocycles. The van der Waals surface area contributed by atoms with Gasteiger partial charge in [0.1, 0.15) is 0 Å². The standard InChI is InChI=1S/C15H20O8/c1-9(2)13(19)21-8-15(5,23-14(20)10(3)4)22-12(18)7-6-11(16)17/h1,3,6-8H2,2,4-5H3,(H,16,17). The van der Waals surface area contributed by atoms with E-state index in [1.165, 1.54) is 20.8 Å². The van der Waals surface area contributed by atoms with Gasteiger partial charge in [0, 0.05) is 18.1 Å². The summed E-state index contributed by atoms with van der Waals surface area (Å²) >= 11 is 0. The molecule has 8 nitrogen and oxygen atoms in total. The average molecular weight is 328 g/mol. The molecule has 0 spiro atoms. The largest absolute Gasteiger partial charge is 0.481 e. The summed E-state index contributed by atoms with van der Waals surface area (Å²) < 4.78 is 14.8. The lowest BCUT2D eigenvalue weighted by Gasteiger charge is -2.28. The van der Waals surface area contributed by atoms with E-state index in [2.05, 4.69) is 13.2 Å². The molecule has 0 radical (unpaired) electrons. The number of carbonyl (C=O) groups is 4. The molecule has 0 amide bonds. The molecule has 0 aliphatic carbocycles. The van der Waals surface area contributed by atoms with Crippen molar-refractivity contribution in [3.8, 4) is 0 Å². The summed E-state index contributed by atoms with van der Waals surface area (Å²) in [5.74, 6) is -5.63. The summed E-state index contributed by atoms with van der Waals surface area (Å²) in [6.07, 6.45) is -0.876. The highest BCUT2D eigenvalue weighted by Gasteiger charge is 2.35. The molecule has 1 atom stereocenters. The minimum atomic E-state index is -1.91. The van der Waals surface area contributed by atoms with Crippen molar-refractivity contribution in [1.82, 2.24) is 0 Å². The Morgan fingerprint density at radius 2 is 1.48 bits per heavy atom. The zero-order chi connectivity index (χ0) is 18.2. The van der Waals surface area contributed by atoms with E-state index in [0.29, 0.717) is 0 Å². The van der Waals surface area contributed by atoms with E-state index in [9.17, 15) is 19.2 Å². The molecule has 0 aliphatic rings. The Bertz CT molecular complexity index is 534. The lowest BCUT2D eigenvalue weighted by atomic mass is 10.3. The van der Waals surface area contributed by atoms with Gasteiger partial charge in [0.25, 0.3) is 5.79 Å². The fraction of sp³-hybridized carbons (Fsp3) is 0.467. The highest BCUT2D eigenvalue weighted by Crippen LogP contribution is 2.18. The Kier molecular flexibility index (Phi) is 7.72. The van der Waals surface area contributed by atoms with E-state index in [1.54, 1.807) is 0 Å². The molecule has 0 saturated heterocycles. The minimum Gasteiger partial charge on any atom is -0.481 e. The molecular formula is C15H20O8. The van der Waals surface area contributed by atoms with Crippen molar-refractivity contribution in [2.24, 2.45) is 0 Å². The van der Waals surface area contributed by atoms with E-state index in [1.807, 2.05) is 0 Å². The molecule has 0 fully saturated rings. The van der Waals surface area contributed by atoms with E-state index in [0.717, 1.165) is 0 Å². The molecule has 0 heterocycles. The fourth-order valence-corrected chi connectivity index (χ4v) is 1.18. The van der Waals surface area contributed by atoms with Gasteiger partial charge >= 0.3 is 23.9 Å². The van der Waals surface area contributed by atoms with Crippen molar-refractivity contribution in [1.29, 1.82) is 0 Å². The van der Waals surface area contributed by atoms with Crippen LogP contribution in [0.1, 0.15) is 33.6 Å². The van der Waals surface area contributed by atoms with Crippen LogP contribution >= 0.6 is 0 Å². The van der Waals surface area contributed by atoms with Crippen molar-refractivity contribution >= 4 is 23.9 Å². The smallest absolute Gasteiger partial charge is 0.336 e. The van der Waals surface area contributed by atoms with Crippen molar-refractivity contribution in [2.75, 3.05) is 6.61 Å².